The maximum absolute atomic E-state index is 17.3. The third-order valence-corrected chi connectivity index (χ3v) is 11.9. The van der Waals surface area contributed by atoms with Gasteiger partial charge >= 0.3 is 12.0 Å². The fraction of sp³-hybridized carbons (Fsp3) is 0.538. The van der Waals surface area contributed by atoms with Crippen molar-refractivity contribution in [2.75, 3.05) is 31.1 Å². The van der Waals surface area contributed by atoms with Crippen LogP contribution in [0.2, 0.25) is 0 Å². The SMILES string of the molecule is CC(C)(C)C(=O)Oc1cc(-c2nc3c4c(nc(OC[C@@]56CCCN5C[C@H](F)C6)nc4c2F)N2C[C@H]4CC[C@H](C4)[C@H]2CC3)c2ccccc2c1. The minimum atomic E-state index is -0.877. The molecule has 9 rings (SSSR count). The van der Waals surface area contributed by atoms with E-state index in [1.54, 1.807) is 26.8 Å². The van der Waals surface area contributed by atoms with E-state index in [1.807, 2.05) is 30.3 Å². The van der Waals surface area contributed by atoms with Crippen molar-refractivity contribution in [2.45, 2.75) is 89.9 Å². The van der Waals surface area contributed by atoms with Gasteiger partial charge in [0.25, 0.3) is 0 Å². The summed E-state index contributed by atoms with van der Waals surface area (Å²) in [4.78, 5) is 32.5. The Morgan fingerprint density at radius 2 is 1.94 bits per heavy atom. The zero-order valence-electron chi connectivity index (χ0n) is 28.5. The van der Waals surface area contributed by atoms with Gasteiger partial charge in [0, 0.05) is 31.1 Å². The number of hydrogen-bond acceptors (Lipinski definition) is 8. The lowest BCUT2D eigenvalue weighted by Crippen LogP contribution is -2.46. The first-order valence-electron chi connectivity index (χ1n) is 18.0. The number of hydrogen-bond donors (Lipinski definition) is 0. The van der Waals surface area contributed by atoms with Crippen molar-refractivity contribution >= 4 is 33.5 Å². The molecule has 4 aliphatic heterocycles. The summed E-state index contributed by atoms with van der Waals surface area (Å²) in [7, 11) is 0. The molecule has 1 saturated carbocycles. The van der Waals surface area contributed by atoms with E-state index in [0.29, 0.717) is 53.7 Å². The van der Waals surface area contributed by atoms with E-state index in [4.69, 9.17) is 24.4 Å². The molecule has 5 atom stereocenters. The van der Waals surface area contributed by atoms with E-state index < -0.39 is 17.4 Å². The second-order valence-electron chi connectivity index (χ2n) is 16.2. The maximum atomic E-state index is 17.3. The Hall–Kier alpha value is -3.92. The lowest BCUT2D eigenvalue weighted by Gasteiger charge is -2.40. The first-order valence-corrected chi connectivity index (χ1v) is 18.0. The summed E-state index contributed by atoms with van der Waals surface area (Å²) in [5.74, 6) is 1.27. The first kappa shape index (κ1) is 31.1. The topological polar surface area (TPSA) is 80.7 Å². The minimum absolute atomic E-state index is 0.129. The quantitative estimate of drug-likeness (QED) is 0.161. The van der Waals surface area contributed by atoms with Gasteiger partial charge < -0.3 is 14.4 Å². The summed E-state index contributed by atoms with van der Waals surface area (Å²) < 4.78 is 44.2. The number of aryl methyl sites for hydroxylation is 1. The number of piperidine rings is 1. The molecule has 256 valence electrons. The van der Waals surface area contributed by atoms with Crippen molar-refractivity contribution in [3.05, 3.63) is 47.9 Å². The summed E-state index contributed by atoms with van der Waals surface area (Å²) in [6.45, 7) is 7.84. The van der Waals surface area contributed by atoms with Gasteiger partial charge in [-0.3, -0.25) is 9.69 Å². The predicted octanol–water partition coefficient (Wildman–Crippen LogP) is 7.44. The average Bonchev–Trinajstić information content (AvgIpc) is 3.71. The fourth-order valence-corrected chi connectivity index (χ4v) is 9.50. The second kappa shape index (κ2) is 11.3. The van der Waals surface area contributed by atoms with Crippen LogP contribution in [0.1, 0.15) is 71.4 Å². The summed E-state index contributed by atoms with van der Waals surface area (Å²) in [6.07, 6.45) is 6.62. The number of carbonyl (C=O) groups is 1. The van der Waals surface area contributed by atoms with Crippen molar-refractivity contribution in [3.8, 4) is 23.0 Å². The number of ether oxygens (including phenoxy) is 2. The van der Waals surface area contributed by atoms with Gasteiger partial charge in [0.2, 0.25) is 0 Å². The highest BCUT2D eigenvalue weighted by molar-refractivity contribution is 6.01. The van der Waals surface area contributed by atoms with Crippen LogP contribution in [-0.2, 0) is 11.2 Å². The molecule has 0 spiro atoms. The van der Waals surface area contributed by atoms with Crippen molar-refractivity contribution in [2.24, 2.45) is 17.3 Å². The highest BCUT2D eigenvalue weighted by atomic mass is 19.1. The van der Waals surface area contributed by atoms with Gasteiger partial charge in [-0.25, -0.2) is 13.8 Å². The Morgan fingerprint density at radius 3 is 2.80 bits per heavy atom. The molecule has 0 unspecified atom stereocenters. The van der Waals surface area contributed by atoms with Crippen LogP contribution in [0.15, 0.2) is 36.4 Å². The van der Waals surface area contributed by atoms with E-state index in [-0.39, 0.29) is 41.4 Å². The Morgan fingerprint density at radius 1 is 1.08 bits per heavy atom. The van der Waals surface area contributed by atoms with Gasteiger partial charge in [-0.1, -0.05) is 24.3 Å². The molecule has 5 aliphatic rings. The van der Waals surface area contributed by atoms with Gasteiger partial charge in [0.15, 0.2) is 5.82 Å². The molecule has 49 heavy (non-hydrogen) atoms. The van der Waals surface area contributed by atoms with Gasteiger partial charge in [-0.2, -0.15) is 9.97 Å². The Bertz CT molecular complexity index is 2000. The number of pyridine rings is 1. The van der Waals surface area contributed by atoms with Gasteiger partial charge in [-0.05, 0) is 107 Å². The van der Waals surface area contributed by atoms with Gasteiger partial charge in [-0.15, -0.1) is 0 Å². The molecule has 0 radical (unpaired) electrons. The van der Waals surface area contributed by atoms with Crippen LogP contribution in [0.25, 0.3) is 32.9 Å². The number of alkyl halides is 1. The molecule has 1 aliphatic carbocycles. The molecule has 8 nitrogen and oxygen atoms in total. The molecule has 0 amide bonds. The molecule has 4 fully saturated rings. The Kier molecular flexibility index (Phi) is 7.17. The number of nitrogens with zero attached hydrogens (tertiary/aromatic N) is 5. The van der Waals surface area contributed by atoms with Crippen molar-refractivity contribution in [1.82, 2.24) is 19.9 Å². The Balaban J connectivity index is 1.20. The number of esters is 1. The molecule has 2 aromatic heterocycles. The third-order valence-electron chi connectivity index (χ3n) is 11.9. The van der Waals surface area contributed by atoms with Crippen LogP contribution in [0.4, 0.5) is 14.6 Å². The maximum Gasteiger partial charge on any atom is 0.319 e. The van der Waals surface area contributed by atoms with Crippen LogP contribution in [0, 0.1) is 23.1 Å². The van der Waals surface area contributed by atoms with E-state index >= 15 is 4.39 Å². The van der Waals surface area contributed by atoms with E-state index in [0.717, 1.165) is 48.8 Å². The predicted molar refractivity (Wildman–Crippen MR) is 184 cm³/mol. The normalized spacial score (nSPS) is 27.7. The molecule has 2 bridgehead atoms. The van der Waals surface area contributed by atoms with E-state index in [1.165, 1.54) is 19.3 Å². The highest BCUT2D eigenvalue weighted by Crippen LogP contribution is 2.48. The Labute approximate surface area is 285 Å². The number of rotatable bonds is 5. The van der Waals surface area contributed by atoms with Crippen molar-refractivity contribution < 1.29 is 23.0 Å². The summed E-state index contributed by atoms with van der Waals surface area (Å²) in [5.41, 5.74) is 0.575. The lowest BCUT2D eigenvalue weighted by atomic mass is 9.88. The number of fused-ring (bicyclic) bond motifs is 7. The van der Waals surface area contributed by atoms with Crippen LogP contribution < -0.4 is 14.4 Å². The standard InChI is InChI=1S/C39H43F2N5O3/c1-38(2,3)36(47)49-26-16-23-7-4-5-8-27(23)28(17-26)33-32(41)34-31-29(42-33)11-12-30-24-10-9-22(15-24)19-46(30)35(31)44-37(43-34)48-21-39-13-6-14-45(39)20-25(40)18-39/h4-5,7-8,16-17,22,24-25,30H,6,9-15,18-21H2,1-3H3/t22-,24+,25+,30+,39-/m0/s1. The third kappa shape index (κ3) is 5.15. The molecular formula is C39H43F2N5O3. The summed E-state index contributed by atoms with van der Waals surface area (Å²) in [6, 6.07) is 11.6. The molecule has 6 heterocycles. The highest BCUT2D eigenvalue weighted by Gasteiger charge is 2.50. The zero-order valence-corrected chi connectivity index (χ0v) is 28.5. The second-order valence-corrected chi connectivity index (χ2v) is 16.2. The summed E-state index contributed by atoms with van der Waals surface area (Å²) >= 11 is 0. The zero-order chi connectivity index (χ0) is 33.7. The van der Waals surface area contributed by atoms with Crippen LogP contribution in [0.5, 0.6) is 11.8 Å². The van der Waals surface area contributed by atoms with Crippen LogP contribution >= 0.6 is 0 Å². The number of anilines is 1. The number of halogens is 2. The molecular weight excluding hydrogens is 624 g/mol. The number of benzene rings is 2. The molecule has 4 aromatic rings. The minimum Gasteiger partial charge on any atom is -0.461 e. The van der Waals surface area contributed by atoms with Crippen LogP contribution in [0.3, 0.4) is 0 Å². The smallest absolute Gasteiger partial charge is 0.319 e. The molecule has 0 N–H and O–H groups in total. The number of aromatic nitrogens is 3. The van der Waals surface area contributed by atoms with Crippen molar-refractivity contribution in [1.29, 1.82) is 0 Å². The van der Waals surface area contributed by atoms with Crippen LogP contribution in [-0.4, -0.2) is 69.8 Å². The first-order chi connectivity index (χ1) is 23.6. The molecule has 10 heteroatoms. The van der Waals surface area contributed by atoms with E-state index in [2.05, 4.69) is 9.80 Å². The fourth-order valence-electron chi connectivity index (χ4n) is 9.50. The van der Waals surface area contributed by atoms with E-state index in [9.17, 15) is 9.18 Å². The average molecular weight is 668 g/mol. The largest absolute Gasteiger partial charge is 0.461 e. The summed E-state index contributed by atoms with van der Waals surface area (Å²) in [5, 5.41) is 2.27. The van der Waals surface area contributed by atoms with Gasteiger partial charge in [0.05, 0.1) is 22.0 Å². The van der Waals surface area contributed by atoms with Gasteiger partial charge in [0.1, 0.15) is 35.6 Å². The molecule has 3 saturated heterocycles. The molecule has 2 aromatic carbocycles. The lowest BCUT2D eigenvalue weighted by molar-refractivity contribution is -0.142. The number of carbonyl (C=O) groups excluding carboxylic acids is 1. The van der Waals surface area contributed by atoms with Crippen molar-refractivity contribution in [3.63, 3.8) is 0 Å². The monoisotopic (exact) mass is 667 g/mol.